The van der Waals surface area contributed by atoms with E-state index < -0.39 is 10.0 Å². The number of morpholine rings is 1. The van der Waals surface area contributed by atoms with E-state index in [0.717, 1.165) is 18.0 Å². The summed E-state index contributed by atoms with van der Waals surface area (Å²) in [4.78, 5) is 0.371. The van der Waals surface area contributed by atoms with Gasteiger partial charge in [-0.1, -0.05) is 24.3 Å². The highest BCUT2D eigenvalue weighted by Crippen LogP contribution is 2.42. The van der Waals surface area contributed by atoms with Gasteiger partial charge in [0.1, 0.15) is 0 Å². The smallest absolute Gasteiger partial charge is 0.243 e. The van der Waals surface area contributed by atoms with Gasteiger partial charge in [-0.2, -0.15) is 4.31 Å². The molecule has 0 amide bonds. The summed E-state index contributed by atoms with van der Waals surface area (Å²) >= 11 is 0. The second-order valence-electron chi connectivity index (χ2n) is 6.88. The van der Waals surface area contributed by atoms with E-state index in [1.54, 1.807) is 12.1 Å². The summed E-state index contributed by atoms with van der Waals surface area (Å²) in [5.74, 6) is 1.55. The van der Waals surface area contributed by atoms with Gasteiger partial charge in [0.25, 0.3) is 0 Å². The van der Waals surface area contributed by atoms with E-state index in [9.17, 15) is 8.42 Å². The molecule has 1 N–H and O–H groups in total. The van der Waals surface area contributed by atoms with Crippen molar-refractivity contribution in [2.45, 2.75) is 30.3 Å². The predicted octanol–water partition coefficient (Wildman–Crippen LogP) is 1.76. The summed E-state index contributed by atoms with van der Waals surface area (Å²) in [7, 11) is -3.39. The molecule has 5 nitrogen and oxygen atoms in total. The fourth-order valence-electron chi connectivity index (χ4n) is 3.91. The Morgan fingerprint density at radius 2 is 1.92 bits per heavy atom. The van der Waals surface area contributed by atoms with Crippen molar-refractivity contribution in [3.8, 4) is 0 Å². The first-order valence-corrected chi connectivity index (χ1v) is 10.2. The van der Waals surface area contributed by atoms with Crippen molar-refractivity contribution in [1.82, 2.24) is 9.62 Å². The van der Waals surface area contributed by atoms with Gasteiger partial charge in [0.15, 0.2) is 0 Å². The highest BCUT2D eigenvalue weighted by Gasteiger charge is 2.40. The van der Waals surface area contributed by atoms with Crippen molar-refractivity contribution in [3.63, 3.8) is 0 Å². The minimum absolute atomic E-state index is 0.371. The maximum atomic E-state index is 12.6. The van der Waals surface area contributed by atoms with E-state index in [4.69, 9.17) is 4.74 Å². The molecular formula is C18H24N2O3S. The number of hydrogen-bond donors (Lipinski definition) is 1. The average Bonchev–Trinajstić information content (AvgIpc) is 2.97. The van der Waals surface area contributed by atoms with Crippen LogP contribution in [0.4, 0.5) is 0 Å². The molecule has 0 radical (unpaired) electrons. The Bertz CT molecular complexity index is 708. The molecule has 0 unspecified atom stereocenters. The first kappa shape index (κ1) is 16.3. The Hall–Kier alpha value is -1.21. The molecule has 3 aliphatic rings. The lowest BCUT2D eigenvalue weighted by Crippen LogP contribution is -2.47. The highest BCUT2D eigenvalue weighted by atomic mass is 32.2. The molecule has 1 aromatic rings. The van der Waals surface area contributed by atoms with Gasteiger partial charge in [-0.25, -0.2) is 8.42 Å². The van der Waals surface area contributed by atoms with Gasteiger partial charge in [-0.3, -0.25) is 0 Å². The van der Waals surface area contributed by atoms with Crippen LogP contribution in [-0.4, -0.2) is 45.1 Å². The number of rotatable bonds is 5. The lowest BCUT2D eigenvalue weighted by molar-refractivity contribution is 0.0730. The van der Waals surface area contributed by atoms with Gasteiger partial charge in [0.2, 0.25) is 10.0 Å². The summed E-state index contributed by atoms with van der Waals surface area (Å²) in [6, 6.07) is 7.86. The van der Waals surface area contributed by atoms with Gasteiger partial charge in [0, 0.05) is 25.7 Å². The molecule has 0 spiro atoms. The minimum atomic E-state index is -3.39. The molecule has 1 aromatic carbocycles. The maximum Gasteiger partial charge on any atom is 0.243 e. The van der Waals surface area contributed by atoms with Crippen LogP contribution in [0.5, 0.6) is 0 Å². The van der Waals surface area contributed by atoms with Crippen LogP contribution in [0.15, 0.2) is 41.3 Å². The lowest BCUT2D eigenvalue weighted by Gasteiger charge is -2.40. The molecule has 130 valence electrons. The monoisotopic (exact) mass is 348 g/mol. The molecule has 24 heavy (non-hydrogen) atoms. The van der Waals surface area contributed by atoms with E-state index in [2.05, 4.69) is 17.5 Å². The molecule has 6 heteroatoms. The Kier molecular flexibility index (Phi) is 4.47. The molecule has 0 bridgehead atoms. The molecule has 2 aliphatic carbocycles. The number of nitrogens with zero attached hydrogens (tertiary/aromatic N) is 1. The molecule has 1 saturated carbocycles. The summed E-state index contributed by atoms with van der Waals surface area (Å²) in [5.41, 5.74) is 1.13. The van der Waals surface area contributed by atoms with E-state index in [1.807, 2.05) is 12.1 Å². The third-order valence-corrected chi connectivity index (χ3v) is 7.38. The number of fused-ring (bicyclic) bond motifs is 1. The first-order chi connectivity index (χ1) is 11.6. The van der Waals surface area contributed by atoms with Gasteiger partial charge in [-0.15, -0.1) is 0 Å². The van der Waals surface area contributed by atoms with Crippen molar-refractivity contribution in [2.75, 3.05) is 26.3 Å². The fourth-order valence-corrected chi connectivity index (χ4v) is 5.32. The third-order valence-electron chi connectivity index (χ3n) is 5.46. The largest absolute Gasteiger partial charge is 0.379 e. The molecule has 2 fully saturated rings. The topological polar surface area (TPSA) is 58.6 Å². The zero-order valence-electron chi connectivity index (χ0n) is 13.7. The first-order valence-electron chi connectivity index (χ1n) is 8.71. The number of benzene rings is 1. The predicted molar refractivity (Wildman–Crippen MR) is 92.0 cm³/mol. The number of ether oxygens (including phenoxy) is 1. The van der Waals surface area contributed by atoms with Gasteiger partial charge >= 0.3 is 0 Å². The maximum absolute atomic E-state index is 12.6. The highest BCUT2D eigenvalue weighted by molar-refractivity contribution is 7.89. The average molecular weight is 348 g/mol. The number of nitrogens with one attached hydrogen (secondary N) is 1. The van der Waals surface area contributed by atoms with Crippen LogP contribution >= 0.6 is 0 Å². The zero-order chi connectivity index (χ0) is 16.6. The standard InChI is InChI=1S/C18H24N2O3S/c21-24(22,20-8-10-23-11-9-20)16-6-4-14(5-7-16)13-19-18-12-15-2-1-3-17(15)18/h1,3-7,15,17-19H,2,8-13H2/t15-,17-,18-/m1/s1. The van der Waals surface area contributed by atoms with Crippen molar-refractivity contribution >= 4 is 10.0 Å². The van der Waals surface area contributed by atoms with Crippen molar-refractivity contribution in [3.05, 3.63) is 42.0 Å². The zero-order valence-corrected chi connectivity index (χ0v) is 14.5. The summed E-state index contributed by atoms with van der Waals surface area (Å²) in [6.45, 7) is 2.60. The normalized spacial score (nSPS) is 30.1. The molecular weight excluding hydrogens is 324 g/mol. The summed E-state index contributed by atoms with van der Waals surface area (Å²) in [5, 5.41) is 3.60. The van der Waals surface area contributed by atoms with E-state index in [0.29, 0.717) is 43.2 Å². The quantitative estimate of drug-likeness (QED) is 0.824. The fraction of sp³-hybridized carbons (Fsp3) is 0.556. The van der Waals surface area contributed by atoms with Crippen molar-refractivity contribution in [1.29, 1.82) is 0 Å². The Labute approximate surface area is 143 Å². The summed E-state index contributed by atoms with van der Waals surface area (Å²) in [6.07, 6.45) is 7.12. The van der Waals surface area contributed by atoms with Crippen LogP contribution < -0.4 is 5.32 Å². The minimum Gasteiger partial charge on any atom is -0.379 e. The lowest BCUT2D eigenvalue weighted by atomic mass is 9.71. The number of allylic oxidation sites excluding steroid dienone is 1. The van der Waals surface area contributed by atoms with Crippen LogP contribution in [0.25, 0.3) is 0 Å². The molecule has 4 rings (SSSR count). The van der Waals surface area contributed by atoms with E-state index in [1.165, 1.54) is 17.1 Å². The molecule has 3 atom stereocenters. The van der Waals surface area contributed by atoms with Crippen LogP contribution in [0.2, 0.25) is 0 Å². The van der Waals surface area contributed by atoms with Crippen LogP contribution in [0, 0.1) is 11.8 Å². The molecule has 1 heterocycles. The number of hydrogen-bond acceptors (Lipinski definition) is 4. The van der Waals surface area contributed by atoms with Crippen LogP contribution in [-0.2, 0) is 21.3 Å². The van der Waals surface area contributed by atoms with Crippen molar-refractivity contribution in [2.24, 2.45) is 11.8 Å². The second-order valence-corrected chi connectivity index (χ2v) is 8.82. The van der Waals surface area contributed by atoms with Gasteiger partial charge in [-0.05, 0) is 42.4 Å². The van der Waals surface area contributed by atoms with Gasteiger partial charge < -0.3 is 10.1 Å². The molecule has 0 aromatic heterocycles. The summed E-state index contributed by atoms with van der Waals surface area (Å²) < 4.78 is 31.9. The SMILES string of the molecule is O=S(=O)(c1ccc(CN[C@@H]2C[C@H]3CC=C[C@H]32)cc1)N1CCOCC1. The molecule has 1 aliphatic heterocycles. The van der Waals surface area contributed by atoms with Crippen LogP contribution in [0.1, 0.15) is 18.4 Å². The second kappa shape index (κ2) is 6.59. The van der Waals surface area contributed by atoms with Gasteiger partial charge in [0.05, 0.1) is 18.1 Å². The third kappa shape index (κ3) is 3.04. The number of sulfonamides is 1. The van der Waals surface area contributed by atoms with E-state index in [-0.39, 0.29) is 0 Å². The Balaban J connectivity index is 1.36. The van der Waals surface area contributed by atoms with Crippen LogP contribution in [0.3, 0.4) is 0 Å². The Morgan fingerprint density at radius 3 is 2.62 bits per heavy atom. The van der Waals surface area contributed by atoms with E-state index >= 15 is 0 Å². The Morgan fingerprint density at radius 1 is 1.17 bits per heavy atom. The van der Waals surface area contributed by atoms with Crippen molar-refractivity contribution < 1.29 is 13.2 Å². The molecule has 1 saturated heterocycles.